The number of anilines is 1. The molecule has 4 heteroatoms. The summed E-state index contributed by atoms with van der Waals surface area (Å²) in [4.78, 5) is 17.0. The summed E-state index contributed by atoms with van der Waals surface area (Å²) in [5, 5.41) is 5.38. The first-order valence-electron chi connectivity index (χ1n) is 8.22. The van der Waals surface area contributed by atoms with Crippen molar-refractivity contribution in [3.8, 4) is 0 Å². The SMILES string of the molecule is CC(C)CN1CCCC(Nc2ccc3c(=O)[nH]ccc3c2)C1. The molecule has 0 radical (unpaired) electrons. The fourth-order valence-corrected chi connectivity index (χ4v) is 3.37. The smallest absolute Gasteiger partial charge is 0.255 e. The molecule has 0 bridgehead atoms. The highest BCUT2D eigenvalue weighted by atomic mass is 16.1. The van der Waals surface area contributed by atoms with Gasteiger partial charge < -0.3 is 15.2 Å². The predicted molar refractivity (Wildman–Crippen MR) is 92.5 cm³/mol. The summed E-state index contributed by atoms with van der Waals surface area (Å²) < 4.78 is 0. The van der Waals surface area contributed by atoms with Crippen molar-refractivity contribution in [2.75, 3.05) is 25.0 Å². The average Bonchev–Trinajstić information content (AvgIpc) is 2.47. The molecule has 1 aliphatic rings. The minimum Gasteiger partial charge on any atom is -0.381 e. The Kier molecular flexibility index (Phi) is 4.48. The van der Waals surface area contributed by atoms with Crippen molar-refractivity contribution in [1.82, 2.24) is 9.88 Å². The summed E-state index contributed by atoms with van der Waals surface area (Å²) in [5.74, 6) is 0.714. The predicted octanol–water partition coefficient (Wildman–Crippen LogP) is 3.06. The highest BCUT2D eigenvalue weighted by Crippen LogP contribution is 2.20. The fraction of sp³-hybridized carbons (Fsp3) is 0.500. The molecule has 0 saturated carbocycles. The van der Waals surface area contributed by atoms with Crippen molar-refractivity contribution in [1.29, 1.82) is 0 Å². The topological polar surface area (TPSA) is 48.1 Å². The molecule has 22 heavy (non-hydrogen) atoms. The second-order valence-electron chi connectivity index (χ2n) is 6.75. The monoisotopic (exact) mass is 299 g/mol. The van der Waals surface area contributed by atoms with Crippen LogP contribution in [0.4, 0.5) is 5.69 Å². The van der Waals surface area contributed by atoms with Crippen molar-refractivity contribution in [3.63, 3.8) is 0 Å². The minimum atomic E-state index is -0.0233. The van der Waals surface area contributed by atoms with Crippen LogP contribution in [-0.4, -0.2) is 35.6 Å². The molecule has 0 spiro atoms. The van der Waals surface area contributed by atoms with E-state index in [0.717, 1.165) is 23.0 Å². The third-order valence-electron chi connectivity index (χ3n) is 4.27. The second kappa shape index (κ2) is 6.53. The Morgan fingerprint density at radius 3 is 3.05 bits per heavy atom. The number of aromatic nitrogens is 1. The van der Waals surface area contributed by atoms with Gasteiger partial charge in [-0.3, -0.25) is 4.79 Å². The molecule has 1 aromatic heterocycles. The van der Waals surface area contributed by atoms with Crippen LogP contribution in [0.1, 0.15) is 26.7 Å². The molecule has 3 rings (SSSR count). The van der Waals surface area contributed by atoms with Gasteiger partial charge in [0.25, 0.3) is 5.56 Å². The lowest BCUT2D eigenvalue weighted by atomic mass is 10.0. The molecule has 0 aliphatic carbocycles. The average molecular weight is 299 g/mol. The number of nitrogens with zero attached hydrogens (tertiary/aromatic N) is 1. The molecule has 1 fully saturated rings. The first-order chi connectivity index (χ1) is 10.6. The summed E-state index contributed by atoms with van der Waals surface area (Å²) >= 11 is 0. The molecule has 1 aromatic carbocycles. The zero-order chi connectivity index (χ0) is 15.5. The Morgan fingerprint density at radius 2 is 2.23 bits per heavy atom. The Balaban J connectivity index is 1.71. The van der Waals surface area contributed by atoms with E-state index in [9.17, 15) is 4.79 Å². The molecule has 118 valence electrons. The molecule has 2 aromatic rings. The lowest BCUT2D eigenvalue weighted by Crippen LogP contribution is -2.43. The van der Waals surface area contributed by atoms with Crippen molar-refractivity contribution in [3.05, 3.63) is 40.8 Å². The minimum absolute atomic E-state index is 0.0233. The van der Waals surface area contributed by atoms with Crippen LogP contribution < -0.4 is 10.9 Å². The van der Waals surface area contributed by atoms with Gasteiger partial charge in [0.1, 0.15) is 0 Å². The number of H-pyrrole nitrogens is 1. The Labute approximate surface area is 131 Å². The van der Waals surface area contributed by atoms with E-state index in [2.05, 4.69) is 35.1 Å². The number of nitrogens with one attached hydrogen (secondary N) is 2. The van der Waals surface area contributed by atoms with Gasteiger partial charge in [-0.05, 0) is 55.0 Å². The van der Waals surface area contributed by atoms with Crippen LogP contribution >= 0.6 is 0 Å². The first kappa shape index (κ1) is 15.1. The summed E-state index contributed by atoms with van der Waals surface area (Å²) in [6.45, 7) is 8.04. The normalized spacial score (nSPS) is 19.7. The van der Waals surface area contributed by atoms with Gasteiger partial charge in [0, 0.05) is 36.4 Å². The maximum Gasteiger partial charge on any atom is 0.255 e. The van der Waals surface area contributed by atoms with E-state index in [1.165, 1.54) is 25.9 Å². The van der Waals surface area contributed by atoms with Gasteiger partial charge in [-0.15, -0.1) is 0 Å². The van der Waals surface area contributed by atoms with Crippen LogP contribution in [0.5, 0.6) is 0 Å². The van der Waals surface area contributed by atoms with E-state index in [4.69, 9.17) is 0 Å². The number of fused-ring (bicyclic) bond motifs is 1. The van der Waals surface area contributed by atoms with Crippen molar-refractivity contribution >= 4 is 16.5 Å². The van der Waals surface area contributed by atoms with Crippen LogP contribution in [0.25, 0.3) is 10.8 Å². The maximum atomic E-state index is 11.7. The highest BCUT2D eigenvalue weighted by molar-refractivity contribution is 5.84. The third kappa shape index (κ3) is 3.50. The van der Waals surface area contributed by atoms with Gasteiger partial charge in [0.05, 0.1) is 0 Å². The molecule has 2 N–H and O–H groups in total. The van der Waals surface area contributed by atoms with Crippen LogP contribution in [0.3, 0.4) is 0 Å². The van der Waals surface area contributed by atoms with Crippen LogP contribution in [0.15, 0.2) is 35.3 Å². The molecular formula is C18H25N3O. The second-order valence-corrected chi connectivity index (χ2v) is 6.75. The van der Waals surface area contributed by atoms with Gasteiger partial charge in [-0.1, -0.05) is 13.8 Å². The number of rotatable bonds is 4. The summed E-state index contributed by atoms with van der Waals surface area (Å²) in [5.41, 5.74) is 1.08. The first-order valence-corrected chi connectivity index (χ1v) is 8.22. The Bertz CT molecular complexity index is 692. The lowest BCUT2D eigenvalue weighted by molar-refractivity contribution is 0.195. The van der Waals surface area contributed by atoms with Crippen LogP contribution in [-0.2, 0) is 0 Å². The van der Waals surface area contributed by atoms with Gasteiger partial charge in [0.2, 0.25) is 0 Å². The van der Waals surface area contributed by atoms with E-state index in [0.29, 0.717) is 12.0 Å². The quantitative estimate of drug-likeness (QED) is 0.912. The van der Waals surface area contributed by atoms with Crippen molar-refractivity contribution in [2.24, 2.45) is 5.92 Å². The standard InChI is InChI=1S/C18H25N3O/c1-13(2)11-21-9-3-4-16(12-21)20-15-5-6-17-14(10-15)7-8-19-18(17)22/h5-8,10,13,16,20H,3-4,9,11-12H2,1-2H3,(H,19,22). The van der Waals surface area contributed by atoms with Crippen LogP contribution in [0, 0.1) is 5.92 Å². The summed E-state index contributed by atoms with van der Waals surface area (Å²) in [7, 11) is 0. The third-order valence-corrected chi connectivity index (χ3v) is 4.27. The van der Waals surface area contributed by atoms with E-state index in [-0.39, 0.29) is 5.56 Å². The zero-order valence-electron chi connectivity index (χ0n) is 13.4. The van der Waals surface area contributed by atoms with Gasteiger partial charge in [-0.2, -0.15) is 0 Å². The summed E-state index contributed by atoms with van der Waals surface area (Å²) in [6, 6.07) is 8.44. The van der Waals surface area contributed by atoms with Gasteiger partial charge >= 0.3 is 0 Å². The largest absolute Gasteiger partial charge is 0.381 e. The van der Waals surface area contributed by atoms with Crippen LogP contribution in [0.2, 0.25) is 0 Å². The Morgan fingerprint density at radius 1 is 1.36 bits per heavy atom. The van der Waals surface area contributed by atoms with Crippen molar-refractivity contribution < 1.29 is 0 Å². The lowest BCUT2D eigenvalue weighted by Gasteiger charge is -2.34. The van der Waals surface area contributed by atoms with E-state index < -0.39 is 0 Å². The number of piperidine rings is 1. The number of aromatic amines is 1. The van der Waals surface area contributed by atoms with Gasteiger partial charge in [0.15, 0.2) is 0 Å². The maximum absolute atomic E-state index is 11.7. The van der Waals surface area contributed by atoms with E-state index in [1.54, 1.807) is 6.20 Å². The van der Waals surface area contributed by atoms with E-state index >= 15 is 0 Å². The summed E-state index contributed by atoms with van der Waals surface area (Å²) in [6.07, 6.45) is 4.17. The van der Waals surface area contributed by atoms with E-state index in [1.807, 2.05) is 18.2 Å². The number of benzene rings is 1. The number of hydrogen-bond donors (Lipinski definition) is 2. The molecule has 0 amide bonds. The number of pyridine rings is 1. The van der Waals surface area contributed by atoms with Crippen molar-refractivity contribution in [2.45, 2.75) is 32.7 Å². The molecule has 2 heterocycles. The molecule has 1 atom stereocenters. The molecule has 1 aliphatic heterocycles. The number of likely N-dealkylation sites (tertiary alicyclic amines) is 1. The molecule has 4 nitrogen and oxygen atoms in total. The van der Waals surface area contributed by atoms with Gasteiger partial charge in [-0.25, -0.2) is 0 Å². The molecule has 1 saturated heterocycles. The molecule has 1 unspecified atom stereocenters. The number of hydrogen-bond acceptors (Lipinski definition) is 3. The molecular weight excluding hydrogens is 274 g/mol. The Hall–Kier alpha value is -1.81. The highest BCUT2D eigenvalue weighted by Gasteiger charge is 2.20. The zero-order valence-corrected chi connectivity index (χ0v) is 13.4. The fourth-order valence-electron chi connectivity index (χ4n) is 3.37.